The number of esters is 1. The minimum absolute atomic E-state index is 0.0195. The van der Waals surface area contributed by atoms with Gasteiger partial charge in [0.2, 0.25) is 0 Å². The van der Waals surface area contributed by atoms with Crippen molar-refractivity contribution in [3.05, 3.63) is 101 Å². The Balaban J connectivity index is 1.48. The third-order valence-corrected chi connectivity index (χ3v) is 5.75. The first-order valence-corrected chi connectivity index (χ1v) is 11.1. The second-order valence-electron chi connectivity index (χ2n) is 8.25. The highest BCUT2D eigenvalue weighted by molar-refractivity contribution is 5.78. The number of nitrogens with zero attached hydrogens (tertiary/aromatic N) is 1. The molecule has 1 aromatic heterocycles. The minimum atomic E-state index is -0.870. The summed E-state index contributed by atoms with van der Waals surface area (Å²) >= 11 is 0. The molecule has 1 atom stereocenters. The predicted octanol–water partition coefficient (Wildman–Crippen LogP) is 5.93. The van der Waals surface area contributed by atoms with Gasteiger partial charge in [-0.25, -0.2) is 4.39 Å². The second kappa shape index (κ2) is 10.3. The number of aromatic nitrogens is 1. The summed E-state index contributed by atoms with van der Waals surface area (Å²) in [4.78, 5) is 23.5. The number of hydrogen-bond donors (Lipinski definition) is 1. The summed E-state index contributed by atoms with van der Waals surface area (Å²) < 4.78 is 25.0. The molecule has 3 aromatic carbocycles. The van der Waals surface area contributed by atoms with Crippen molar-refractivity contribution in [2.45, 2.75) is 32.8 Å². The molecular formula is C28H24FNO5. The van der Waals surface area contributed by atoms with E-state index in [9.17, 15) is 14.0 Å². The molecular weight excluding hydrogens is 449 g/mol. The van der Waals surface area contributed by atoms with Gasteiger partial charge in [-0.2, -0.15) is 0 Å². The van der Waals surface area contributed by atoms with Crippen LogP contribution in [0.3, 0.4) is 0 Å². The van der Waals surface area contributed by atoms with Gasteiger partial charge < -0.3 is 14.4 Å². The molecule has 0 saturated heterocycles. The van der Waals surface area contributed by atoms with Gasteiger partial charge in [0, 0.05) is 16.7 Å². The van der Waals surface area contributed by atoms with Crippen molar-refractivity contribution in [2.24, 2.45) is 0 Å². The van der Waals surface area contributed by atoms with Gasteiger partial charge in [-0.05, 0) is 36.6 Å². The van der Waals surface area contributed by atoms with Crippen molar-refractivity contribution in [2.75, 3.05) is 0 Å². The number of ether oxygens (including phenoxy) is 1. The monoisotopic (exact) mass is 473 g/mol. The van der Waals surface area contributed by atoms with Crippen LogP contribution in [0, 0.1) is 12.7 Å². The second-order valence-corrected chi connectivity index (χ2v) is 8.25. The van der Waals surface area contributed by atoms with Crippen LogP contribution in [0.25, 0.3) is 22.5 Å². The fourth-order valence-electron chi connectivity index (χ4n) is 3.88. The predicted molar refractivity (Wildman–Crippen MR) is 128 cm³/mol. The maximum atomic E-state index is 14.0. The molecule has 0 bridgehead atoms. The maximum Gasteiger partial charge on any atom is 0.311 e. The summed E-state index contributed by atoms with van der Waals surface area (Å²) in [6, 6.07) is 21.1. The van der Waals surface area contributed by atoms with Crippen molar-refractivity contribution in [3.8, 4) is 22.5 Å². The largest absolute Gasteiger partial charge is 0.481 e. The van der Waals surface area contributed by atoms with Crippen LogP contribution in [0.1, 0.15) is 35.4 Å². The summed E-state index contributed by atoms with van der Waals surface area (Å²) in [5, 5.41) is 12.9. The molecule has 0 radical (unpaired) electrons. The Labute approximate surface area is 202 Å². The van der Waals surface area contributed by atoms with Crippen molar-refractivity contribution in [1.82, 2.24) is 5.16 Å². The lowest BCUT2D eigenvalue weighted by molar-refractivity contribution is -0.147. The molecule has 7 heteroatoms. The van der Waals surface area contributed by atoms with Crippen LogP contribution in [-0.4, -0.2) is 22.2 Å². The van der Waals surface area contributed by atoms with E-state index in [2.05, 4.69) is 5.16 Å². The molecule has 6 nitrogen and oxygen atoms in total. The SMILES string of the molecule is Cc1noc(-c2ccc(-c3ccc(CC(=O)O)cc3)cc2)c1CC(=O)O[C@H](C)c1ccccc1F. The highest BCUT2D eigenvalue weighted by Crippen LogP contribution is 2.30. The molecule has 4 aromatic rings. The van der Waals surface area contributed by atoms with E-state index >= 15 is 0 Å². The summed E-state index contributed by atoms with van der Waals surface area (Å²) in [6.07, 6.45) is -0.807. The van der Waals surface area contributed by atoms with Crippen molar-refractivity contribution in [3.63, 3.8) is 0 Å². The van der Waals surface area contributed by atoms with Gasteiger partial charge in [-0.1, -0.05) is 71.9 Å². The number of benzene rings is 3. The first kappa shape index (κ1) is 23.9. The summed E-state index contributed by atoms with van der Waals surface area (Å²) in [5.74, 6) is -1.33. The minimum Gasteiger partial charge on any atom is -0.481 e. The smallest absolute Gasteiger partial charge is 0.311 e. The Morgan fingerprint density at radius 3 is 2.17 bits per heavy atom. The third-order valence-electron chi connectivity index (χ3n) is 5.75. The third kappa shape index (κ3) is 5.63. The van der Waals surface area contributed by atoms with Crippen LogP contribution in [0.4, 0.5) is 4.39 Å². The fraction of sp³-hybridized carbons (Fsp3) is 0.179. The zero-order chi connectivity index (χ0) is 24.9. The van der Waals surface area contributed by atoms with E-state index in [4.69, 9.17) is 14.4 Å². The highest BCUT2D eigenvalue weighted by atomic mass is 19.1. The molecule has 0 fully saturated rings. The van der Waals surface area contributed by atoms with Crippen LogP contribution in [-0.2, 0) is 27.2 Å². The van der Waals surface area contributed by atoms with E-state index in [1.165, 1.54) is 6.07 Å². The van der Waals surface area contributed by atoms with Crippen LogP contribution in [0.2, 0.25) is 0 Å². The molecule has 1 N–H and O–H groups in total. The first-order chi connectivity index (χ1) is 16.8. The molecule has 1 heterocycles. The standard InChI is InChI=1S/C28H24FNO5/c1-17-24(16-27(33)34-18(2)23-5-3-4-6-25(23)29)28(35-30-17)22-13-11-21(12-14-22)20-9-7-19(8-10-20)15-26(31)32/h3-14,18H,15-16H2,1-2H3,(H,31,32)/t18-/m1/s1. The number of rotatable bonds is 8. The van der Waals surface area contributed by atoms with E-state index in [-0.39, 0.29) is 12.8 Å². The van der Waals surface area contributed by atoms with Gasteiger partial charge in [-0.15, -0.1) is 0 Å². The van der Waals surface area contributed by atoms with E-state index in [0.717, 1.165) is 22.3 Å². The van der Waals surface area contributed by atoms with Gasteiger partial charge in [0.05, 0.1) is 18.5 Å². The quantitative estimate of drug-likeness (QED) is 0.319. The van der Waals surface area contributed by atoms with Crippen molar-refractivity contribution < 1.29 is 28.3 Å². The van der Waals surface area contributed by atoms with E-state index in [1.54, 1.807) is 44.2 Å². The summed E-state index contributed by atoms with van der Waals surface area (Å²) in [7, 11) is 0. The van der Waals surface area contributed by atoms with Gasteiger partial charge in [0.15, 0.2) is 5.76 Å². The number of carboxylic acids is 1. The van der Waals surface area contributed by atoms with Gasteiger partial charge >= 0.3 is 11.9 Å². The lowest BCUT2D eigenvalue weighted by Crippen LogP contribution is -2.13. The zero-order valence-corrected chi connectivity index (χ0v) is 19.3. The summed E-state index contributed by atoms with van der Waals surface area (Å²) in [5.41, 5.74) is 4.89. The maximum absolute atomic E-state index is 14.0. The number of aryl methyl sites for hydroxylation is 1. The average Bonchev–Trinajstić information content (AvgIpc) is 3.19. The number of halogens is 1. The van der Waals surface area contributed by atoms with Crippen LogP contribution in [0.5, 0.6) is 0 Å². The molecule has 0 spiro atoms. The van der Waals surface area contributed by atoms with Gasteiger partial charge in [-0.3, -0.25) is 9.59 Å². The van der Waals surface area contributed by atoms with Gasteiger partial charge in [0.1, 0.15) is 11.9 Å². The highest BCUT2D eigenvalue weighted by Gasteiger charge is 2.21. The Morgan fingerprint density at radius 1 is 0.943 bits per heavy atom. The number of carbonyl (C=O) groups excluding carboxylic acids is 1. The van der Waals surface area contributed by atoms with E-state index in [1.807, 2.05) is 36.4 Å². The molecule has 4 rings (SSSR count). The number of carboxylic acid groups (broad SMARTS) is 1. The Kier molecular flexibility index (Phi) is 7.06. The number of aliphatic carboxylic acids is 1. The number of hydrogen-bond acceptors (Lipinski definition) is 5. The lowest BCUT2D eigenvalue weighted by Gasteiger charge is -2.14. The molecule has 35 heavy (non-hydrogen) atoms. The molecule has 0 aliphatic rings. The Hall–Kier alpha value is -4.26. The molecule has 178 valence electrons. The number of carbonyl (C=O) groups is 2. The average molecular weight is 474 g/mol. The molecule has 0 unspecified atom stereocenters. The first-order valence-electron chi connectivity index (χ1n) is 11.1. The molecule has 0 amide bonds. The zero-order valence-electron chi connectivity index (χ0n) is 19.3. The van der Waals surface area contributed by atoms with Crippen LogP contribution in [0.15, 0.2) is 77.3 Å². The van der Waals surface area contributed by atoms with Gasteiger partial charge in [0.25, 0.3) is 0 Å². The molecule has 0 aliphatic carbocycles. The lowest BCUT2D eigenvalue weighted by atomic mass is 9.99. The normalized spacial score (nSPS) is 11.7. The molecule has 0 saturated carbocycles. The Morgan fingerprint density at radius 2 is 1.54 bits per heavy atom. The van der Waals surface area contributed by atoms with E-state index < -0.39 is 23.9 Å². The topological polar surface area (TPSA) is 89.6 Å². The van der Waals surface area contributed by atoms with E-state index in [0.29, 0.717) is 22.6 Å². The summed E-state index contributed by atoms with van der Waals surface area (Å²) in [6.45, 7) is 3.38. The fourth-order valence-corrected chi connectivity index (χ4v) is 3.88. The van der Waals surface area contributed by atoms with Crippen molar-refractivity contribution >= 4 is 11.9 Å². The Bertz CT molecular complexity index is 1340. The van der Waals surface area contributed by atoms with Crippen LogP contribution >= 0.6 is 0 Å². The molecule has 0 aliphatic heterocycles. The van der Waals surface area contributed by atoms with Crippen molar-refractivity contribution in [1.29, 1.82) is 0 Å². The van der Waals surface area contributed by atoms with Crippen LogP contribution < -0.4 is 0 Å².